The van der Waals surface area contributed by atoms with Gasteiger partial charge in [0, 0.05) is 24.1 Å². The van der Waals surface area contributed by atoms with Gasteiger partial charge in [0.2, 0.25) is 17.5 Å². The molecular weight excluding hydrogens is 412 g/mol. The molecule has 0 aliphatic heterocycles. The van der Waals surface area contributed by atoms with E-state index < -0.39 is 0 Å². The Balaban J connectivity index is 1.61. The van der Waals surface area contributed by atoms with E-state index in [-0.39, 0.29) is 6.61 Å². The van der Waals surface area contributed by atoms with Crippen LogP contribution in [0.5, 0.6) is 23.1 Å². The van der Waals surface area contributed by atoms with Gasteiger partial charge in [-0.3, -0.25) is 4.68 Å². The van der Waals surface area contributed by atoms with Crippen molar-refractivity contribution in [3.05, 3.63) is 40.9 Å². The molecule has 0 bridgehead atoms. The van der Waals surface area contributed by atoms with Crippen LogP contribution in [0.2, 0.25) is 0 Å². The Morgan fingerprint density at radius 1 is 0.938 bits per heavy atom. The second-order valence-electron chi connectivity index (χ2n) is 7.41. The number of ether oxygens (including phenoxy) is 4. The van der Waals surface area contributed by atoms with Gasteiger partial charge >= 0.3 is 0 Å². The Morgan fingerprint density at radius 3 is 2.25 bits per heavy atom. The summed E-state index contributed by atoms with van der Waals surface area (Å²) >= 11 is 0. The van der Waals surface area contributed by atoms with E-state index in [9.17, 15) is 0 Å². The highest BCUT2D eigenvalue weighted by Gasteiger charge is 2.19. The third-order valence-corrected chi connectivity index (χ3v) is 5.30. The summed E-state index contributed by atoms with van der Waals surface area (Å²) in [6.07, 6.45) is 0. The monoisotopic (exact) mass is 438 g/mol. The lowest BCUT2D eigenvalue weighted by atomic mass is 10.2. The summed E-state index contributed by atoms with van der Waals surface area (Å²) in [4.78, 5) is 9.22. The van der Waals surface area contributed by atoms with Gasteiger partial charge in [0.15, 0.2) is 17.1 Å². The van der Waals surface area contributed by atoms with Crippen LogP contribution in [-0.2, 0) is 13.7 Å². The molecule has 4 aromatic rings. The molecule has 168 valence electrons. The number of rotatable bonds is 7. The van der Waals surface area contributed by atoms with E-state index in [4.69, 9.17) is 23.4 Å². The Hall–Kier alpha value is -3.75. The van der Waals surface area contributed by atoms with Gasteiger partial charge < -0.3 is 23.4 Å². The minimum absolute atomic E-state index is 0.217. The standard InChI is InChI=1S/C23H26N4O5/c1-12-8-19(25-22-20(12)13(2)26-27(22)4)31-11-16-14(3)32-23(24-16)15-9-17(28-5)21(30-7)18(10-15)29-6/h8-10H,11H2,1-7H3. The molecule has 0 aliphatic carbocycles. The van der Waals surface area contributed by atoms with Gasteiger partial charge in [-0.25, -0.2) is 4.98 Å². The first-order chi connectivity index (χ1) is 15.4. The molecule has 0 fully saturated rings. The van der Waals surface area contributed by atoms with Crippen LogP contribution in [-0.4, -0.2) is 41.1 Å². The number of pyridine rings is 1. The molecule has 9 nitrogen and oxygen atoms in total. The lowest BCUT2D eigenvalue weighted by molar-refractivity contribution is 0.288. The molecule has 9 heteroatoms. The van der Waals surface area contributed by atoms with Crippen molar-refractivity contribution in [2.75, 3.05) is 21.3 Å². The Kier molecular flexibility index (Phi) is 5.65. The van der Waals surface area contributed by atoms with E-state index in [1.165, 1.54) is 0 Å². The SMILES string of the molecule is COc1cc(-c2nc(COc3cc(C)c4c(C)nn(C)c4n3)c(C)o2)cc(OC)c1OC. The molecule has 4 rings (SSSR count). The highest BCUT2D eigenvalue weighted by atomic mass is 16.5. The molecule has 0 radical (unpaired) electrons. The normalized spacial score (nSPS) is 11.1. The summed E-state index contributed by atoms with van der Waals surface area (Å²) in [6, 6.07) is 5.49. The fourth-order valence-corrected chi connectivity index (χ4v) is 3.74. The van der Waals surface area contributed by atoms with E-state index in [0.29, 0.717) is 46.0 Å². The highest BCUT2D eigenvalue weighted by molar-refractivity contribution is 5.82. The molecule has 1 aromatic carbocycles. The van der Waals surface area contributed by atoms with Gasteiger partial charge in [0.25, 0.3) is 0 Å². The van der Waals surface area contributed by atoms with E-state index in [2.05, 4.69) is 15.1 Å². The fourth-order valence-electron chi connectivity index (χ4n) is 3.74. The van der Waals surface area contributed by atoms with E-state index in [1.807, 2.05) is 33.9 Å². The molecular formula is C23H26N4O5. The maximum Gasteiger partial charge on any atom is 0.226 e. The molecule has 3 aromatic heterocycles. The predicted octanol–water partition coefficient (Wildman–Crippen LogP) is 4.15. The number of aryl methyl sites for hydroxylation is 4. The average Bonchev–Trinajstić information content (AvgIpc) is 3.29. The summed E-state index contributed by atoms with van der Waals surface area (Å²) in [5.41, 5.74) is 4.17. The Labute approximate surface area is 185 Å². The van der Waals surface area contributed by atoms with Crippen molar-refractivity contribution in [1.29, 1.82) is 0 Å². The minimum atomic E-state index is 0.217. The van der Waals surface area contributed by atoms with Crippen molar-refractivity contribution >= 4 is 11.0 Å². The largest absolute Gasteiger partial charge is 0.493 e. The van der Waals surface area contributed by atoms with Crippen LogP contribution < -0.4 is 18.9 Å². The zero-order valence-corrected chi connectivity index (χ0v) is 19.3. The minimum Gasteiger partial charge on any atom is -0.493 e. The Morgan fingerprint density at radius 2 is 1.62 bits per heavy atom. The number of nitrogens with zero attached hydrogens (tertiary/aromatic N) is 4. The molecule has 0 spiro atoms. The van der Waals surface area contributed by atoms with Crippen molar-refractivity contribution in [3.63, 3.8) is 0 Å². The molecule has 0 aliphatic rings. The quantitative estimate of drug-likeness (QED) is 0.425. The first-order valence-electron chi connectivity index (χ1n) is 10.1. The van der Waals surface area contributed by atoms with Gasteiger partial charge in [0.1, 0.15) is 18.1 Å². The van der Waals surface area contributed by atoms with Crippen LogP contribution in [0.3, 0.4) is 0 Å². The highest BCUT2D eigenvalue weighted by Crippen LogP contribution is 2.41. The number of benzene rings is 1. The van der Waals surface area contributed by atoms with E-state index in [0.717, 1.165) is 22.3 Å². The van der Waals surface area contributed by atoms with Gasteiger partial charge in [-0.15, -0.1) is 0 Å². The van der Waals surface area contributed by atoms with E-state index in [1.54, 1.807) is 38.1 Å². The molecule has 0 N–H and O–H groups in total. The maximum atomic E-state index is 5.96. The Bertz CT molecular complexity index is 1270. The molecule has 0 amide bonds. The molecule has 32 heavy (non-hydrogen) atoms. The summed E-state index contributed by atoms with van der Waals surface area (Å²) in [5, 5.41) is 5.49. The fraction of sp³-hybridized carbons (Fsp3) is 0.348. The van der Waals surface area contributed by atoms with Crippen LogP contribution in [0, 0.1) is 20.8 Å². The summed E-state index contributed by atoms with van der Waals surface area (Å²) in [5.74, 6) is 3.15. The van der Waals surface area contributed by atoms with Crippen molar-refractivity contribution in [2.45, 2.75) is 27.4 Å². The zero-order chi connectivity index (χ0) is 23.0. The predicted molar refractivity (Wildman–Crippen MR) is 119 cm³/mol. The topological polar surface area (TPSA) is 93.7 Å². The van der Waals surface area contributed by atoms with E-state index >= 15 is 0 Å². The van der Waals surface area contributed by atoms with Crippen LogP contribution in [0.4, 0.5) is 0 Å². The van der Waals surface area contributed by atoms with Gasteiger partial charge in [-0.05, 0) is 38.5 Å². The van der Waals surface area contributed by atoms with Crippen LogP contribution in [0.25, 0.3) is 22.5 Å². The molecule has 0 atom stereocenters. The number of hydrogen-bond donors (Lipinski definition) is 0. The number of methoxy groups -OCH3 is 3. The van der Waals surface area contributed by atoms with Crippen molar-refractivity contribution in [3.8, 4) is 34.6 Å². The van der Waals surface area contributed by atoms with Crippen LogP contribution >= 0.6 is 0 Å². The summed E-state index contributed by atoms with van der Waals surface area (Å²) in [7, 11) is 6.56. The first kappa shape index (κ1) is 21.5. The third-order valence-electron chi connectivity index (χ3n) is 5.30. The first-order valence-corrected chi connectivity index (χ1v) is 10.1. The number of oxazole rings is 1. The van der Waals surface area contributed by atoms with Crippen LogP contribution in [0.15, 0.2) is 22.6 Å². The van der Waals surface area contributed by atoms with Gasteiger partial charge in [-0.1, -0.05) is 0 Å². The zero-order valence-electron chi connectivity index (χ0n) is 19.3. The van der Waals surface area contributed by atoms with Crippen molar-refractivity contribution < 1.29 is 23.4 Å². The second-order valence-corrected chi connectivity index (χ2v) is 7.41. The number of fused-ring (bicyclic) bond motifs is 1. The number of hydrogen-bond acceptors (Lipinski definition) is 8. The molecule has 0 saturated carbocycles. The average molecular weight is 438 g/mol. The lowest BCUT2D eigenvalue weighted by Gasteiger charge is -2.12. The smallest absolute Gasteiger partial charge is 0.226 e. The van der Waals surface area contributed by atoms with Gasteiger partial charge in [0.05, 0.1) is 27.0 Å². The maximum absolute atomic E-state index is 5.96. The second kappa shape index (κ2) is 8.41. The van der Waals surface area contributed by atoms with Gasteiger partial charge in [-0.2, -0.15) is 10.1 Å². The molecule has 3 heterocycles. The third kappa shape index (κ3) is 3.70. The summed E-state index contributed by atoms with van der Waals surface area (Å²) in [6.45, 7) is 6.06. The van der Waals surface area contributed by atoms with Crippen molar-refractivity contribution in [2.24, 2.45) is 7.05 Å². The molecule has 0 saturated heterocycles. The van der Waals surface area contributed by atoms with Crippen LogP contribution in [0.1, 0.15) is 22.7 Å². The lowest BCUT2D eigenvalue weighted by Crippen LogP contribution is -2.01. The van der Waals surface area contributed by atoms with Crippen molar-refractivity contribution in [1.82, 2.24) is 19.7 Å². The molecule has 0 unspecified atom stereocenters. The summed E-state index contributed by atoms with van der Waals surface area (Å²) < 4.78 is 29.9. The number of aromatic nitrogens is 4.